The van der Waals surface area contributed by atoms with Crippen LogP contribution in [0.4, 0.5) is 10.1 Å². The van der Waals surface area contributed by atoms with E-state index in [0.29, 0.717) is 5.69 Å². The van der Waals surface area contributed by atoms with Crippen LogP contribution in [0.3, 0.4) is 0 Å². The Bertz CT molecular complexity index is 861. The van der Waals surface area contributed by atoms with Gasteiger partial charge in [-0.2, -0.15) is 0 Å². The van der Waals surface area contributed by atoms with Gasteiger partial charge in [0.1, 0.15) is 5.82 Å². The third kappa shape index (κ3) is 3.06. The molecule has 0 bridgehead atoms. The van der Waals surface area contributed by atoms with Gasteiger partial charge in [0.05, 0.1) is 25.2 Å². The van der Waals surface area contributed by atoms with Gasteiger partial charge in [-0.15, -0.1) is 0 Å². The number of nitrogens with one attached hydrogen (secondary N) is 1. The second-order valence-electron chi connectivity index (χ2n) is 6.76. The fourth-order valence-electron chi connectivity index (χ4n) is 3.80. The summed E-state index contributed by atoms with van der Waals surface area (Å²) in [6.07, 6.45) is 3.26. The second kappa shape index (κ2) is 6.84. The Balaban J connectivity index is 1.49. The van der Waals surface area contributed by atoms with Gasteiger partial charge in [0.15, 0.2) is 6.04 Å². The molecule has 2 aromatic rings. The first-order valence-corrected chi connectivity index (χ1v) is 8.85. The lowest BCUT2D eigenvalue weighted by Gasteiger charge is -2.27. The highest BCUT2D eigenvalue weighted by Gasteiger charge is 2.45. The Labute approximate surface area is 151 Å². The van der Waals surface area contributed by atoms with Crippen molar-refractivity contribution >= 4 is 23.1 Å². The Morgan fingerprint density at radius 3 is 2.38 bits per heavy atom. The molecule has 2 aliphatic rings. The van der Waals surface area contributed by atoms with E-state index in [4.69, 9.17) is 0 Å². The van der Waals surface area contributed by atoms with Crippen LogP contribution < -0.4 is 9.80 Å². The molecule has 2 heterocycles. The molecule has 4 rings (SSSR count). The minimum absolute atomic E-state index is 0.187. The van der Waals surface area contributed by atoms with Crippen molar-refractivity contribution in [3.63, 3.8) is 0 Å². The molecule has 1 N–H and O–H groups in total. The van der Waals surface area contributed by atoms with Crippen molar-refractivity contribution in [2.75, 3.05) is 18.0 Å². The molecule has 2 aliphatic heterocycles. The Morgan fingerprint density at radius 2 is 1.73 bits per heavy atom. The third-order valence-electron chi connectivity index (χ3n) is 5.19. The van der Waals surface area contributed by atoms with Crippen LogP contribution in [0.2, 0.25) is 0 Å². The van der Waals surface area contributed by atoms with Crippen molar-refractivity contribution in [2.45, 2.75) is 18.9 Å². The van der Waals surface area contributed by atoms with E-state index in [-0.39, 0.29) is 30.1 Å². The minimum Gasteiger partial charge on any atom is -0.321 e. The molecule has 0 saturated carbocycles. The molecule has 26 heavy (non-hydrogen) atoms. The monoisotopic (exact) mass is 351 g/mol. The number of carbonyl (C=O) groups is 2. The van der Waals surface area contributed by atoms with E-state index in [1.165, 1.54) is 40.3 Å². The average molecular weight is 351 g/mol. The summed E-state index contributed by atoms with van der Waals surface area (Å²) in [5.74, 6) is -0.783. The lowest BCUT2D eigenvalue weighted by atomic mass is 9.98. The molecular weight excluding hydrogens is 331 g/mol. The maximum absolute atomic E-state index is 13.1. The fraction of sp³-hybridized carbons (Fsp3) is 0.238. The molecule has 1 fully saturated rings. The average Bonchev–Trinajstić information content (AvgIpc) is 2.98. The van der Waals surface area contributed by atoms with E-state index in [2.05, 4.69) is 18.2 Å². The van der Waals surface area contributed by atoms with Crippen LogP contribution in [0.25, 0.3) is 5.57 Å². The zero-order chi connectivity index (χ0) is 18.1. The van der Waals surface area contributed by atoms with Gasteiger partial charge in [0.2, 0.25) is 5.91 Å². The number of rotatable bonds is 3. The summed E-state index contributed by atoms with van der Waals surface area (Å²) in [4.78, 5) is 27.5. The Morgan fingerprint density at radius 1 is 1.00 bits per heavy atom. The van der Waals surface area contributed by atoms with E-state index in [0.717, 1.165) is 24.4 Å². The molecule has 0 aromatic heterocycles. The van der Waals surface area contributed by atoms with Gasteiger partial charge in [0, 0.05) is 6.42 Å². The summed E-state index contributed by atoms with van der Waals surface area (Å²) in [5, 5.41) is 0. The van der Waals surface area contributed by atoms with Crippen LogP contribution in [0, 0.1) is 5.82 Å². The smallest absolute Gasteiger partial charge is 0.292 e. The number of hydrogen-bond acceptors (Lipinski definition) is 2. The molecule has 2 aromatic carbocycles. The van der Waals surface area contributed by atoms with Crippen LogP contribution in [0.5, 0.6) is 0 Å². The molecule has 0 aliphatic carbocycles. The number of carbonyl (C=O) groups excluding carboxylic acids is 2. The minimum atomic E-state index is -0.385. The van der Waals surface area contributed by atoms with Crippen molar-refractivity contribution < 1.29 is 18.9 Å². The first kappa shape index (κ1) is 16.7. The van der Waals surface area contributed by atoms with E-state index in [1.54, 1.807) is 0 Å². The largest absolute Gasteiger partial charge is 0.321 e. The normalized spacial score (nSPS) is 23.3. The lowest BCUT2D eigenvalue weighted by molar-refractivity contribution is -0.909. The van der Waals surface area contributed by atoms with Gasteiger partial charge in [-0.25, -0.2) is 9.29 Å². The van der Waals surface area contributed by atoms with Gasteiger partial charge in [-0.1, -0.05) is 30.3 Å². The number of benzene rings is 2. The maximum Gasteiger partial charge on any atom is 0.292 e. The molecule has 4 nitrogen and oxygen atoms in total. The van der Waals surface area contributed by atoms with Crippen LogP contribution in [0.15, 0.2) is 60.7 Å². The molecule has 5 heteroatoms. The van der Waals surface area contributed by atoms with Crippen LogP contribution in [-0.4, -0.2) is 30.9 Å². The zero-order valence-electron chi connectivity index (χ0n) is 14.3. The quantitative estimate of drug-likeness (QED) is 0.858. The van der Waals surface area contributed by atoms with E-state index in [1.807, 2.05) is 18.2 Å². The highest BCUT2D eigenvalue weighted by atomic mass is 19.1. The van der Waals surface area contributed by atoms with E-state index in [9.17, 15) is 14.0 Å². The number of hydrogen-bond donors (Lipinski definition) is 1. The summed E-state index contributed by atoms with van der Waals surface area (Å²) in [6.45, 7) is 1.55. The highest BCUT2D eigenvalue weighted by molar-refractivity contribution is 6.21. The van der Waals surface area contributed by atoms with Gasteiger partial charge >= 0.3 is 0 Å². The number of quaternary nitrogens is 1. The Kier molecular flexibility index (Phi) is 4.39. The SMILES string of the molecule is O=C1CC([NH+]2CC=C(c3ccccc3)CC2)C(=O)N1c1ccc(F)cc1. The number of imide groups is 1. The summed E-state index contributed by atoms with van der Waals surface area (Å²) in [6, 6.07) is 15.4. The van der Waals surface area contributed by atoms with Crippen molar-refractivity contribution in [3.05, 3.63) is 72.1 Å². The van der Waals surface area contributed by atoms with Crippen molar-refractivity contribution in [1.82, 2.24) is 0 Å². The van der Waals surface area contributed by atoms with Gasteiger partial charge in [0.25, 0.3) is 5.91 Å². The number of nitrogens with zero attached hydrogens (tertiary/aromatic N) is 1. The second-order valence-corrected chi connectivity index (χ2v) is 6.76. The topological polar surface area (TPSA) is 41.8 Å². The van der Waals surface area contributed by atoms with E-state index < -0.39 is 0 Å². The molecule has 2 amide bonds. The van der Waals surface area contributed by atoms with E-state index >= 15 is 0 Å². The molecular formula is C21H20FN2O2+. The molecule has 0 radical (unpaired) electrons. The molecule has 0 spiro atoms. The lowest BCUT2D eigenvalue weighted by Crippen LogP contribution is -3.17. The van der Waals surface area contributed by atoms with Crippen molar-refractivity contribution in [1.29, 1.82) is 0 Å². The van der Waals surface area contributed by atoms with Gasteiger partial charge in [-0.05, 0) is 41.5 Å². The molecule has 2 atom stereocenters. The predicted octanol–water partition coefficient (Wildman–Crippen LogP) is 1.83. The predicted molar refractivity (Wildman–Crippen MR) is 97.0 cm³/mol. The number of anilines is 1. The zero-order valence-corrected chi connectivity index (χ0v) is 14.3. The fourth-order valence-corrected chi connectivity index (χ4v) is 3.80. The third-order valence-corrected chi connectivity index (χ3v) is 5.19. The summed E-state index contributed by atoms with van der Waals surface area (Å²) in [5.41, 5.74) is 2.95. The van der Waals surface area contributed by atoms with Gasteiger partial charge < -0.3 is 4.90 Å². The van der Waals surface area contributed by atoms with Crippen molar-refractivity contribution in [3.8, 4) is 0 Å². The van der Waals surface area contributed by atoms with Crippen molar-refractivity contribution in [2.24, 2.45) is 0 Å². The summed E-state index contributed by atoms with van der Waals surface area (Å²) in [7, 11) is 0. The number of amides is 2. The Hall–Kier alpha value is -2.79. The van der Waals surface area contributed by atoms with Crippen LogP contribution in [0.1, 0.15) is 18.4 Å². The number of halogens is 1. The van der Waals surface area contributed by atoms with Crippen LogP contribution >= 0.6 is 0 Å². The molecule has 2 unspecified atom stereocenters. The maximum atomic E-state index is 13.1. The first-order chi connectivity index (χ1) is 12.6. The molecule has 1 saturated heterocycles. The first-order valence-electron chi connectivity index (χ1n) is 8.85. The molecule has 132 valence electrons. The summed E-state index contributed by atoms with van der Waals surface area (Å²) < 4.78 is 13.1. The highest BCUT2D eigenvalue weighted by Crippen LogP contribution is 2.23. The van der Waals surface area contributed by atoms with Crippen LogP contribution in [-0.2, 0) is 9.59 Å². The standard InChI is InChI=1S/C21H19FN2O2/c22-17-6-8-18(9-7-17)24-20(25)14-19(21(24)26)23-12-10-16(11-13-23)15-4-2-1-3-5-15/h1-10,19H,11-14H2/p+1. The van der Waals surface area contributed by atoms with Gasteiger partial charge in [-0.3, -0.25) is 9.59 Å². The summed E-state index contributed by atoms with van der Waals surface area (Å²) >= 11 is 0.